The smallest absolute Gasteiger partial charge is 0.416 e. The largest absolute Gasteiger partial charge is 0.463 e. The molecule has 0 unspecified atom stereocenters. The van der Waals surface area contributed by atoms with Gasteiger partial charge in [-0.05, 0) is 30.5 Å². The maximum absolute atomic E-state index is 12.7. The maximum atomic E-state index is 12.7. The molecule has 0 radical (unpaired) electrons. The predicted molar refractivity (Wildman–Crippen MR) is 82.6 cm³/mol. The second-order valence-corrected chi connectivity index (χ2v) is 6.55. The summed E-state index contributed by atoms with van der Waals surface area (Å²) in [5, 5.41) is 5.60. The van der Waals surface area contributed by atoms with Gasteiger partial charge in [-0.25, -0.2) is 4.79 Å². The molecule has 1 aromatic carbocycles. The molecule has 2 fully saturated rings. The third-order valence-corrected chi connectivity index (χ3v) is 4.77. The Morgan fingerprint density at radius 2 is 1.80 bits per heavy atom. The highest BCUT2D eigenvalue weighted by molar-refractivity contribution is 5.78. The zero-order valence-electron chi connectivity index (χ0n) is 13.5. The summed E-state index contributed by atoms with van der Waals surface area (Å²) >= 11 is 0. The fourth-order valence-corrected chi connectivity index (χ4v) is 3.49. The Morgan fingerprint density at radius 3 is 2.32 bits per heavy atom. The summed E-state index contributed by atoms with van der Waals surface area (Å²) < 4.78 is 43.0. The first-order valence-electron chi connectivity index (χ1n) is 8.21. The van der Waals surface area contributed by atoms with Gasteiger partial charge in [0.1, 0.15) is 6.61 Å². The van der Waals surface area contributed by atoms with Gasteiger partial charge in [-0.2, -0.15) is 13.2 Å². The van der Waals surface area contributed by atoms with E-state index in [4.69, 9.17) is 4.74 Å². The second-order valence-electron chi connectivity index (χ2n) is 6.55. The highest BCUT2D eigenvalue weighted by Gasteiger charge is 2.39. The van der Waals surface area contributed by atoms with Crippen molar-refractivity contribution in [2.45, 2.75) is 49.9 Å². The van der Waals surface area contributed by atoms with Crippen LogP contribution in [0.1, 0.15) is 43.2 Å². The molecule has 25 heavy (non-hydrogen) atoms. The molecule has 3 rings (SSSR count). The number of ether oxygens (including phenoxy) is 1. The molecule has 1 heterocycles. The van der Waals surface area contributed by atoms with Crippen LogP contribution in [0.3, 0.4) is 0 Å². The lowest BCUT2D eigenvalue weighted by Crippen LogP contribution is -2.51. The summed E-state index contributed by atoms with van der Waals surface area (Å²) in [6.45, 7) is 0.138. The van der Waals surface area contributed by atoms with E-state index in [9.17, 15) is 22.8 Å². The summed E-state index contributed by atoms with van der Waals surface area (Å²) in [6, 6.07) is 4.12. The molecule has 1 atom stereocenters. The Morgan fingerprint density at radius 1 is 1.16 bits per heavy atom. The summed E-state index contributed by atoms with van der Waals surface area (Å²) in [5.74, 6) is -0.358. The summed E-state index contributed by atoms with van der Waals surface area (Å²) in [7, 11) is 0. The van der Waals surface area contributed by atoms with Crippen molar-refractivity contribution in [3.8, 4) is 0 Å². The molecule has 1 saturated carbocycles. The van der Waals surface area contributed by atoms with E-state index in [0.29, 0.717) is 18.4 Å². The van der Waals surface area contributed by atoms with Crippen LogP contribution in [-0.2, 0) is 21.2 Å². The van der Waals surface area contributed by atoms with Crippen LogP contribution in [0.2, 0.25) is 0 Å². The van der Waals surface area contributed by atoms with Gasteiger partial charge in [0.15, 0.2) is 0 Å². The quantitative estimate of drug-likeness (QED) is 0.818. The van der Waals surface area contributed by atoms with Crippen LogP contribution in [0.15, 0.2) is 24.3 Å². The number of hydrogen-bond acceptors (Lipinski definition) is 3. The number of halogens is 3. The molecule has 1 aliphatic carbocycles. The normalized spacial score (nSPS) is 22.5. The Labute approximate surface area is 142 Å². The molecule has 2 amide bonds. The van der Waals surface area contributed by atoms with Gasteiger partial charge < -0.3 is 15.4 Å². The van der Waals surface area contributed by atoms with Crippen LogP contribution < -0.4 is 10.6 Å². The number of esters is 1. The highest BCUT2D eigenvalue weighted by Crippen LogP contribution is 2.40. The molecular weight excluding hydrogens is 337 g/mol. The Hall–Kier alpha value is -2.25. The molecule has 5 nitrogen and oxygen atoms in total. The fourth-order valence-electron chi connectivity index (χ4n) is 3.49. The minimum absolute atomic E-state index is 0.126. The van der Waals surface area contributed by atoms with Crippen molar-refractivity contribution in [3.63, 3.8) is 0 Å². The number of carbonyl (C=O) groups is 2. The van der Waals surface area contributed by atoms with Crippen molar-refractivity contribution >= 4 is 12.0 Å². The molecule has 0 spiro atoms. The molecule has 1 saturated heterocycles. The highest BCUT2D eigenvalue weighted by atomic mass is 19.4. The Bertz CT molecular complexity index is 652. The zero-order valence-corrected chi connectivity index (χ0v) is 13.5. The van der Waals surface area contributed by atoms with Gasteiger partial charge in [0, 0.05) is 0 Å². The van der Waals surface area contributed by atoms with Gasteiger partial charge in [0.25, 0.3) is 0 Å². The van der Waals surface area contributed by atoms with Crippen LogP contribution in [0.4, 0.5) is 18.0 Å². The number of cyclic esters (lactones) is 1. The molecule has 0 bridgehead atoms. The van der Waals surface area contributed by atoms with Crippen molar-refractivity contribution in [2.75, 3.05) is 6.61 Å². The van der Waals surface area contributed by atoms with E-state index in [1.807, 2.05) is 0 Å². The molecule has 1 aliphatic heterocycles. The maximum Gasteiger partial charge on any atom is 0.416 e. The predicted octanol–water partition coefficient (Wildman–Crippen LogP) is 3.09. The molecule has 1 aromatic rings. The number of amides is 2. The van der Waals surface area contributed by atoms with Crippen LogP contribution in [0.25, 0.3) is 0 Å². The van der Waals surface area contributed by atoms with Crippen LogP contribution in [0.5, 0.6) is 0 Å². The number of rotatable bonds is 3. The van der Waals surface area contributed by atoms with Gasteiger partial charge in [-0.1, -0.05) is 25.0 Å². The van der Waals surface area contributed by atoms with Gasteiger partial charge in [0.05, 0.1) is 23.6 Å². The van der Waals surface area contributed by atoms with Crippen LogP contribution in [-0.4, -0.2) is 24.6 Å². The van der Waals surface area contributed by atoms with Crippen molar-refractivity contribution < 1.29 is 27.5 Å². The zero-order chi connectivity index (χ0) is 18.1. The van der Waals surface area contributed by atoms with Crippen molar-refractivity contribution in [1.29, 1.82) is 0 Å². The Kier molecular flexibility index (Phi) is 4.62. The van der Waals surface area contributed by atoms with Crippen molar-refractivity contribution in [3.05, 3.63) is 35.4 Å². The molecular formula is C17H19F3N2O3. The summed E-state index contributed by atoms with van der Waals surface area (Å²) in [6.07, 6.45) is -1.18. The molecule has 8 heteroatoms. The lowest BCUT2D eigenvalue weighted by Gasteiger charge is -2.31. The van der Waals surface area contributed by atoms with E-state index in [1.165, 1.54) is 12.1 Å². The molecule has 2 aliphatic rings. The Balaban J connectivity index is 1.73. The monoisotopic (exact) mass is 356 g/mol. The molecule has 136 valence electrons. The van der Waals surface area contributed by atoms with E-state index >= 15 is 0 Å². The third-order valence-electron chi connectivity index (χ3n) is 4.77. The van der Waals surface area contributed by atoms with Gasteiger partial charge in [0.2, 0.25) is 0 Å². The number of alkyl halides is 3. The standard InChI is InChI=1S/C17H19F3N2O3/c18-17(19,20)12-5-3-11(4-6-12)16(7-1-2-8-16)22-15(24)21-13-9-14(23)25-10-13/h3-6,13H,1-2,7-10H2,(H2,21,22,24)/t13-/m0/s1. The van der Waals surface area contributed by atoms with Crippen molar-refractivity contribution in [1.82, 2.24) is 10.6 Å². The fraction of sp³-hybridized carbons (Fsp3) is 0.529. The number of urea groups is 1. The topological polar surface area (TPSA) is 67.4 Å². The van der Waals surface area contributed by atoms with Gasteiger partial charge >= 0.3 is 18.2 Å². The summed E-state index contributed by atoms with van der Waals surface area (Å²) in [5.41, 5.74) is -0.736. The first kappa shape index (κ1) is 17.6. The number of benzene rings is 1. The number of hydrogen-bond donors (Lipinski definition) is 2. The van der Waals surface area contributed by atoms with E-state index in [1.54, 1.807) is 0 Å². The number of nitrogens with one attached hydrogen (secondary N) is 2. The van der Waals surface area contributed by atoms with Crippen LogP contribution >= 0.6 is 0 Å². The van der Waals surface area contributed by atoms with E-state index in [2.05, 4.69) is 10.6 Å². The minimum Gasteiger partial charge on any atom is -0.463 e. The van der Waals surface area contributed by atoms with Crippen LogP contribution in [0, 0.1) is 0 Å². The number of carbonyl (C=O) groups excluding carboxylic acids is 2. The van der Waals surface area contributed by atoms with Gasteiger partial charge in [-0.15, -0.1) is 0 Å². The van der Waals surface area contributed by atoms with E-state index in [0.717, 1.165) is 25.0 Å². The lowest BCUT2D eigenvalue weighted by atomic mass is 9.87. The van der Waals surface area contributed by atoms with E-state index in [-0.39, 0.29) is 25.0 Å². The summed E-state index contributed by atoms with van der Waals surface area (Å²) in [4.78, 5) is 23.4. The van der Waals surface area contributed by atoms with Crippen molar-refractivity contribution in [2.24, 2.45) is 0 Å². The second kappa shape index (κ2) is 6.57. The average molecular weight is 356 g/mol. The van der Waals surface area contributed by atoms with Gasteiger partial charge in [-0.3, -0.25) is 4.79 Å². The molecule has 2 N–H and O–H groups in total. The lowest BCUT2D eigenvalue weighted by molar-refractivity contribution is -0.138. The first-order valence-corrected chi connectivity index (χ1v) is 8.21. The average Bonchev–Trinajstić information content (AvgIpc) is 3.16. The SMILES string of the molecule is O=C(N[C@@H]1COC(=O)C1)NC1(c2ccc(C(F)(F)F)cc2)CCCC1. The third kappa shape index (κ3) is 3.88. The minimum atomic E-state index is -4.39. The first-order chi connectivity index (χ1) is 11.8. The molecule has 0 aromatic heterocycles. The van der Waals surface area contributed by atoms with E-state index < -0.39 is 23.3 Å².